The predicted molar refractivity (Wildman–Crippen MR) is 83.3 cm³/mol. The Labute approximate surface area is 136 Å². The molecule has 2 aromatic carbocycles. The zero-order valence-corrected chi connectivity index (χ0v) is 12.9. The summed E-state index contributed by atoms with van der Waals surface area (Å²) >= 11 is 6.13. The number of halogens is 1. The average molecular weight is 333 g/mol. The lowest BCUT2D eigenvalue weighted by atomic mass is 9.75. The highest BCUT2D eigenvalue weighted by Crippen LogP contribution is 2.49. The molecule has 118 valence electrons. The minimum atomic E-state index is -1.07. The van der Waals surface area contributed by atoms with Crippen molar-refractivity contribution in [2.75, 3.05) is 0 Å². The standard InChI is InChI=1S/C17H13ClO5/c1-7-2-9-8(11(20)3-7)4-10-12(21)5-13(22)17(18)16(10)15(9)14(23)6-19/h2-3,5-6,15,20-22H,4H2,1H3. The SMILES string of the molecule is Cc1cc(O)c2c(c1)C(C(=O)C=O)c1c(Cl)c(O)cc(O)c1C2. The number of rotatable bonds is 2. The summed E-state index contributed by atoms with van der Waals surface area (Å²) in [5.74, 6) is -2.45. The molecule has 0 radical (unpaired) electrons. The van der Waals surface area contributed by atoms with Crippen molar-refractivity contribution in [3.63, 3.8) is 0 Å². The number of aryl methyl sites for hydroxylation is 1. The third-order valence-corrected chi connectivity index (χ3v) is 4.53. The Hall–Kier alpha value is -2.53. The van der Waals surface area contributed by atoms with Gasteiger partial charge in [-0.15, -0.1) is 0 Å². The molecular formula is C17H13ClO5. The molecule has 23 heavy (non-hydrogen) atoms. The van der Waals surface area contributed by atoms with E-state index in [4.69, 9.17) is 11.6 Å². The van der Waals surface area contributed by atoms with Gasteiger partial charge in [0.15, 0.2) is 6.29 Å². The van der Waals surface area contributed by atoms with Crippen LogP contribution in [0.5, 0.6) is 17.2 Å². The molecule has 0 amide bonds. The Morgan fingerprint density at radius 3 is 2.43 bits per heavy atom. The molecule has 1 aliphatic rings. The summed E-state index contributed by atoms with van der Waals surface area (Å²) in [7, 11) is 0. The van der Waals surface area contributed by atoms with Crippen LogP contribution in [0, 0.1) is 6.92 Å². The first-order chi connectivity index (χ1) is 10.8. The number of carbonyl (C=O) groups is 2. The van der Waals surface area contributed by atoms with Crippen LogP contribution in [0.4, 0.5) is 0 Å². The van der Waals surface area contributed by atoms with Gasteiger partial charge in [-0.3, -0.25) is 9.59 Å². The van der Waals surface area contributed by atoms with Gasteiger partial charge in [-0.25, -0.2) is 0 Å². The lowest BCUT2D eigenvalue weighted by Gasteiger charge is -2.29. The van der Waals surface area contributed by atoms with Gasteiger partial charge in [0.2, 0.25) is 5.78 Å². The number of aromatic hydroxyl groups is 3. The second-order valence-corrected chi connectivity index (χ2v) is 5.98. The van der Waals surface area contributed by atoms with E-state index in [9.17, 15) is 24.9 Å². The number of phenols is 3. The van der Waals surface area contributed by atoms with Crippen LogP contribution in [0.15, 0.2) is 18.2 Å². The smallest absolute Gasteiger partial charge is 0.207 e. The molecule has 0 bridgehead atoms. The molecule has 0 saturated carbocycles. The van der Waals surface area contributed by atoms with Crippen LogP contribution >= 0.6 is 11.6 Å². The summed E-state index contributed by atoms with van der Waals surface area (Å²) in [6, 6.07) is 4.33. The van der Waals surface area contributed by atoms with E-state index in [1.54, 1.807) is 19.1 Å². The van der Waals surface area contributed by atoms with Gasteiger partial charge in [0, 0.05) is 23.6 Å². The number of hydrogen-bond donors (Lipinski definition) is 3. The molecule has 1 atom stereocenters. The van der Waals surface area contributed by atoms with Gasteiger partial charge in [0.1, 0.15) is 17.2 Å². The number of hydrogen-bond acceptors (Lipinski definition) is 5. The van der Waals surface area contributed by atoms with Crippen LogP contribution in [-0.2, 0) is 16.0 Å². The van der Waals surface area contributed by atoms with Crippen molar-refractivity contribution in [3.8, 4) is 17.2 Å². The molecule has 0 spiro atoms. The van der Waals surface area contributed by atoms with E-state index in [0.29, 0.717) is 22.3 Å². The minimum absolute atomic E-state index is 0.0158. The number of carbonyl (C=O) groups excluding carboxylic acids is 2. The van der Waals surface area contributed by atoms with E-state index in [0.717, 1.165) is 6.07 Å². The number of aldehydes is 1. The second-order valence-electron chi connectivity index (χ2n) is 5.60. The highest BCUT2D eigenvalue weighted by molar-refractivity contribution is 6.35. The first-order valence-electron chi connectivity index (χ1n) is 6.89. The van der Waals surface area contributed by atoms with Crippen LogP contribution in [0.1, 0.15) is 33.7 Å². The van der Waals surface area contributed by atoms with Gasteiger partial charge >= 0.3 is 0 Å². The molecule has 3 N–H and O–H groups in total. The fourth-order valence-corrected chi connectivity index (χ4v) is 3.42. The summed E-state index contributed by atoms with van der Waals surface area (Å²) in [4.78, 5) is 23.3. The van der Waals surface area contributed by atoms with Crippen molar-refractivity contribution in [3.05, 3.63) is 51.0 Å². The van der Waals surface area contributed by atoms with E-state index in [1.165, 1.54) is 0 Å². The first-order valence-corrected chi connectivity index (χ1v) is 7.27. The van der Waals surface area contributed by atoms with Gasteiger partial charge in [0.25, 0.3) is 0 Å². The number of fused-ring (bicyclic) bond motifs is 2. The highest BCUT2D eigenvalue weighted by Gasteiger charge is 2.36. The van der Waals surface area contributed by atoms with Gasteiger partial charge in [0.05, 0.1) is 10.9 Å². The van der Waals surface area contributed by atoms with Crippen LogP contribution in [0.2, 0.25) is 5.02 Å². The van der Waals surface area contributed by atoms with Crippen molar-refractivity contribution in [2.24, 2.45) is 0 Å². The monoisotopic (exact) mass is 332 g/mol. The summed E-state index contributed by atoms with van der Waals surface area (Å²) in [6.07, 6.45) is 0.325. The topological polar surface area (TPSA) is 94.8 Å². The summed E-state index contributed by atoms with van der Waals surface area (Å²) in [5, 5.41) is 30.1. The molecular weight excluding hydrogens is 320 g/mol. The molecule has 0 heterocycles. The minimum Gasteiger partial charge on any atom is -0.508 e. The highest BCUT2D eigenvalue weighted by atomic mass is 35.5. The Morgan fingerprint density at radius 2 is 1.78 bits per heavy atom. The summed E-state index contributed by atoms with van der Waals surface area (Å²) in [5.41, 5.74) is 2.16. The molecule has 6 heteroatoms. The molecule has 5 nitrogen and oxygen atoms in total. The molecule has 2 aromatic rings. The van der Waals surface area contributed by atoms with E-state index in [-0.39, 0.29) is 40.5 Å². The molecule has 0 fully saturated rings. The Balaban J connectivity index is 2.40. The fraction of sp³-hybridized carbons (Fsp3) is 0.176. The lowest BCUT2D eigenvalue weighted by Crippen LogP contribution is -2.23. The van der Waals surface area contributed by atoms with E-state index < -0.39 is 11.7 Å². The van der Waals surface area contributed by atoms with Crippen molar-refractivity contribution in [2.45, 2.75) is 19.3 Å². The Kier molecular flexibility index (Phi) is 3.53. The Morgan fingerprint density at radius 1 is 1.13 bits per heavy atom. The van der Waals surface area contributed by atoms with Gasteiger partial charge in [-0.2, -0.15) is 0 Å². The predicted octanol–water partition coefficient (Wildman–Crippen LogP) is 2.57. The van der Waals surface area contributed by atoms with Gasteiger partial charge in [-0.1, -0.05) is 17.7 Å². The fourth-order valence-electron chi connectivity index (χ4n) is 3.15. The second kappa shape index (κ2) is 5.28. The van der Waals surface area contributed by atoms with Crippen LogP contribution < -0.4 is 0 Å². The summed E-state index contributed by atoms with van der Waals surface area (Å²) < 4.78 is 0. The van der Waals surface area contributed by atoms with Crippen molar-refractivity contribution < 1.29 is 24.9 Å². The number of benzene rings is 2. The van der Waals surface area contributed by atoms with Crippen molar-refractivity contribution in [1.29, 1.82) is 0 Å². The van der Waals surface area contributed by atoms with Crippen LogP contribution in [0.3, 0.4) is 0 Å². The van der Waals surface area contributed by atoms with Gasteiger partial charge in [-0.05, 0) is 29.7 Å². The van der Waals surface area contributed by atoms with Crippen LogP contribution in [0.25, 0.3) is 0 Å². The number of phenolic OH excluding ortho intramolecular Hbond substituents is 3. The maximum absolute atomic E-state index is 12.2. The van der Waals surface area contributed by atoms with Crippen LogP contribution in [-0.4, -0.2) is 27.4 Å². The molecule has 0 saturated heterocycles. The molecule has 3 rings (SSSR count). The average Bonchev–Trinajstić information content (AvgIpc) is 2.50. The maximum Gasteiger partial charge on any atom is 0.207 e. The summed E-state index contributed by atoms with van der Waals surface area (Å²) in [6.45, 7) is 1.75. The zero-order chi connectivity index (χ0) is 16.9. The zero-order valence-electron chi connectivity index (χ0n) is 12.1. The normalized spacial score (nSPS) is 15.7. The molecule has 1 unspecified atom stereocenters. The lowest BCUT2D eigenvalue weighted by molar-refractivity contribution is -0.130. The third kappa shape index (κ3) is 2.24. The molecule has 0 aliphatic heterocycles. The third-order valence-electron chi connectivity index (χ3n) is 4.13. The molecule has 0 aromatic heterocycles. The number of Topliss-reactive ketones (excluding diaryl/α,β-unsaturated/α-hetero) is 1. The van der Waals surface area contributed by atoms with Gasteiger partial charge < -0.3 is 15.3 Å². The molecule has 1 aliphatic carbocycles. The maximum atomic E-state index is 12.2. The van der Waals surface area contributed by atoms with E-state index in [2.05, 4.69) is 0 Å². The Bertz CT molecular complexity index is 857. The van der Waals surface area contributed by atoms with Crippen molar-refractivity contribution in [1.82, 2.24) is 0 Å². The number of ketones is 1. The van der Waals surface area contributed by atoms with E-state index in [1.807, 2.05) is 0 Å². The van der Waals surface area contributed by atoms with E-state index >= 15 is 0 Å². The largest absolute Gasteiger partial charge is 0.508 e. The van der Waals surface area contributed by atoms with Crippen molar-refractivity contribution >= 4 is 23.7 Å². The first kappa shape index (κ1) is 15.4. The quantitative estimate of drug-likeness (QED) is 0.580.